The number of imide groups is 2. The summed E-state index contributed by atoms with van der Waals surface area (Å²) in [5, 5.41) is 2.18. The molecule has 1 unspecified atom stereocenters. The van der Waals surface area contributed by atoms with E-state index in [1.165, 1.54) is 0 Å². The molecule has 0 aromatic heterocycles. The highest BCUT2D eigenvalue weighted by Gasteiger charge is 2.35. The number of ether oxygens (including phenoxy) is 1. The molecular weight excluding hydrogens is 464 g/mol. The lowest BCUT2D eigenvalue weighted by molar-refractivity contribution is -0.156. The van der Waals surface area contributed by atoms with E-state index >= 15 is 0 Å². The number of piperazine rings is 1. The summed E-state index contributed by atoms with van der Waals surface area (Å²) in [6.07, 6.45) is 0.526. The molecule has 0 spiro atoms. The van der Waals surface area contributed by atoms with Gasteiger partial charge in [0, 0.05) is 43.9 Å². The molecule has 36 heavy (non-hydrogen) atoms. The van der Waals surface area contributed by atoms with Crippen molar-refractivity contribution in [2.75, 3.05) is 37.6 Å². The first-order valence-electron chi connectivity index (χ1n) is 12.4. The Morgan fingerprint density at radius 3 is 2.33 bits per heavy atom. The predicted octanol–water partition coefficient (Wildman–Crippen LogP) is 1.89. The molecule has 2 aliphatic heterocycles. The van der Waals surface area contributed by atoms with Gasteiger partial charge in [0.25, 0.3) is 5.91 Å². The fourth-order valence-corrected chi connectivity index (χ4v) is 4.11. The normalized spacial score (nSPS) is 18.5. The Morgan fingerprint density at radius 1 is 1.14 bits per heavy atom. The van der Waals surface area contributed by atoms with E-state index in [2.05, 4.69) is 10.2 Å². The number of nitrogens with zero attached hydrogens (tertiary/aromatic N) is 3. The molecular formula is C26H38N4O6. The third-order valence-electron chi connectivity index (χ3n) is 5.86. The van der Waals surface area contributed by atoms with Crippen molar-refractivity contribution in [2.45, 2.75) is 66.0 Å². The average molecular weight is 503 g/mol. The smallest absolute Gasteiger partial charge is 0.320 e. The molecule has 3 rings (SSSR count). The highest BCUT2D eigenvalue weighted by molar-refractivity contribution is 6.07. The third kappa shape index (κ3) is 7.61. The first kappa shape index (κ1) is 29.0. The van der Waals surface area contributed by atoms with E-state index in [1.54, 1.807) is 13.0 Å². The second-order valence-corrected chi connectivity index (χ2v) is 9.63. The molecule has 0 radical (unpaired) electrons. The van der Waals surface area contributed by atoms with Gasteiger partial charge in [-0.05, 0) is 51.8 Å². The van der Waals surface area contributed by atoms with Crippen LogP contribution in [0.3, 0.4) is 0 Å². The molecule has 198 valence electrons. The van der Waals surface area contributed by atoms with E-state index in [-0.39, 0.29) is 25.4 Å². The van der Waals surface area contributed by atoms with Gasteiger partial charge < -0.3 is 9.64 Å². The Morgan fingerprint density at radius 2 is 1.78 bits per heavy atom. The Labute approximate surface area is 212 Å². The summed E-state index contributed by atoms with van der Waals surface area (Å²) in [4.78, 5) is 65.7. The number of rotatable bonds is 6. The monoisotopic (exact) mass is 502 g/mol. The van der Waals surface area contributed by atoms with Gasteiger partial charge in [-0.15, -0.1) is 0 Å². The van der Waals surface area contributed by atoms with Gasteiger partial charge in [0.2, 0.25) is 18.2 Å². The zero-order chi connectivity index (χ0) is 27.0. The lowest BCUT2D eigenvalue weighted by atomic mass is 10.0. The van der Waals surface area contributed by atoms with Gasteiger partial charge >= 0.3 is 5.97 Å². The van der Waals surface area contributed by atoms with Crippen LogP contribution in [0, 0.1) is 6.92 Å². The van der Waals surface area contributed by atoms with Gasteiger partial charge in [0.15, 0.2) is 0 Å². The molecule has 1 atom stereocenters. The van der Waals surface area contributed by atoms with Gasteiger partial charge in [-0.1, -0.05) is 19.9 Å². The van der Waals surface area contributed by atoms with Gasteiger partial charge in [-0.25, -0.2) is 0 Å². The highest BCUT2D eigenvalue weighted by Crippen LogP contribution is 2.24. The van der Waals surface area contributed by atoms with Crippen LogP contribution in [0.4, 0.5) is 5.69 Å². The Bertz CT molecular complexity index is 979. The molecule has 2 heterocycles. The number of hydrogen-bond acceptors (Lipinski definition) is 8. The van der Waals surface area contributed by atoms with Crippen LogP contribution in [0.2, 0.25) is 0 Å². The fraction of sp³-hybridized carbons (Fsp3) is 0.577. The number of carbonyl (C=O) groups is 5. The van der Waals surface area contributed by atoms with Crippen LogP contribution < -0.4 is 10.2 Å². The summed E-state index contributed by atoms with van der Waals surface area (Å²) in [5.74, 6) is -1.89. The van der Waals surface area contributed by atoms with Crippen LogP contribution in [0.25, 0.3) is 0 Å². The zero-order valence-corrected chi connectivity index (χ0v) is 22.1. The van der Waals surface area contributed by atoms with Gasteiger partial charge in [0.1, 0.15) is 11.6 Å². The molecule has 1 aromatic carbocycles. The largest absolute Gasteiger partial charge is 0.459 e. The summed E-state index contributed by atoms with van der Waals surface area (Å²) >= 11 is 0. The van der Waals surface area contributed by atoms with E-state index < -0.39 is 29.4 Å². The first-order chi connectivity index (χ1) is 17.0. The van der Waals surface area contributed by atoms with Crippen molar-refractivity contribution in [1.29, 1.82) is 0 Å². The number of benzene rings is 1. The maximum Gasteiger partial charge on any atom is 0.320 e. The molecule has 1 N–H and O–H groups in total. The third-order valence-corrected chi connectivity index (χ3v) is 5.86. The zero-order valence-electron chi connectivity index (χ0n) is 22.1. The van der Waals surface area contributed by atoms with E-state index in [0.717, 1.165) is 10.6 Å². The van der Waals surface area contributed by atoms with E-state index in [0.29, 0.717) is 43.7 Å². The van der Waals surface area contributed by atoms with Crippen molar-refractivity contribution >= 4 is 35.8 Å². The summed E-state index contributed by atoms with van der Waals surface area (Å²) in [6.45, 7) is 14.1. The Kier molecular flexibility index (Phi) is 10.2. The van der Waals surface area contributed by atoms with Crippen LogP contribution in [0.15, 0.2) is 18.2 Å². The van der Waals surface area contributed by atoms with Crippen molar-refractivity contribution in [3.8, 4) is 0 Å². The number of aryl methyl sites for hydroxylation is 1. The topological polar surface area (TPSA) is 116 Å². The minimum Gasteiger partial charge on any atom is -0.459 e. The molecule has 0 bridgehead atoms. The number of nitrogens with one attached hydrogen (secondary N) is 1. The van der Waals surface area contributed by atoms with Crippen LogP contribution in [0.5, 0.6) is 0 Å². The van der Waals surface area contributed by atoms with Crippen LogP contribution >= 0.6 is 0 Å². The molecule has 0 saturated carbocycles. The standard InChI is InChI=1S/C24H32N4O6.C2H6/c1-16-5-6-17(27-11-9-26(10-12-27)14-21(31)34-24(2,3)4)13-18(16)23(33)28(15-29)19-7-8-20(30)25-22(19)32;1-2/h5-6,13,15,19H,7-12,14H2,1-4H3,(H,25,30,32);1-2H3. The first-order valence-corrected chi connectivity index (χ1v) is 12.4. The summed E-state index contributed by atoms with van der Waals surface area (Å²) in [5.41, 5.74) is 1.30. The number of piperidine rings is 1. The second kappa shape index (κ2) is 12.6. The van der Waals surface area contributed by atoms with Crippen molar-refractivity contribution in [3.63, 3.8) is 0 Å². The summed E-state index contributed by atoms with van der Waals surface area (Å²) in [7, 11) is 0. The van der Waals surface area contributed by atoms with Crippen molar-refractivity contribution in [3.05, 3.63) is 29.3 Å². The molecule has 4 amide bonds. The van der Waals surface area contributed by atoms with E-state index in [4.69, 9.17) is 4.74 Å². The average Bonchev–Trinajstić information content (AvgIpc) is 2.81. The van der Waals surface area contributed by atoms with E-state index in [9.17, 15) is 24.0 Å². The lowest BCUT2D eigenvalue weighted by Gasteiger charge is -2.36. The van der Waals surface area contributed by atoms with E-state index in [1.807, 2.05) is 51.7 Å². The molecule has 1 aromatic rings. The predicted molar refractivity (Wildman–Crippen MR) is 135 cm³/mol. The molecule has 2 fully saturated rings. The summed E-state index contributed by atoms with van der Waals surface area (Å²) in [6, 6.07) is 4.43. The quantitative estimate of drug-likeness (QED) is 0.356. The molecule has 2 saturated heterocycles. The fourth-order valence-electron chi connectivity index (χ4n) is 4.11. The molecule has 2 aliphatic rings. The SMILES string of the molecule is CC.Cc1ccc(N2CCN(CC(=O)OC(C)(C)C)CC2)cc1C(=O)N(C=O)C1CCC(=O)NC1=O. The highest BCUT2D eigenvalue weighted by atomic mass is 16.6. The minimum absolute atomic E-state index is 0.0701. The number of anilines is 1. The van der Waals surface area contributed by atoms with Gasteiger partial charge in [-0.3, -0.25) is 39.1 Å². The second-order valence-electron chi connectivity index (χ2n) is 9.63. The lowest BCUT2D eigenvalue weighted by Crippen LogP contribution is -2.54. The summed E-state index contributed by atoms with van der Waals surface area (Å²) < 4.78 is 5.39. The Hall–Kier alpha value is -3.27. The number of amides is 4. The number of esters is 1. The maximum absolute atomic E-state index is 13.2. The Balaban J connectivity index is 0.00000222. The van der Waals surface area contributed by atoms with Gasteiger partial charge in [-0.2, -0.15) is 0 Å². The van der Waals surface area contributed by atoms with Crippen molar-refractivity contribution < 1.29 is 28.7 Å². The molecule has 10 heteroatoms. The van der Waals surface area contributed by atoms with Crippen molar-refractivity contribution in [1.82, 2.24) is 15.1 Å². The van der Waals surface area contributed by atoms with Crippen molar-refractivity contribution in [2.24, 2.45) is 0 Å². The van der Waals surface area contributed by atoms with Crippen LogP contribution in [0.1, 0.15) is 63.4 Å². The molecule has 10 nitrogen and oxygen atoms in total. The van der Waals surface area contributed by atoms with Crippen LogP contribution in [-0.4, -0.2) is 84.3 Å². The minimum atomic E-state index is -1.01. The number of hydrogen-bond donors (Lipinski definition) is 1. The maximum atomic E-state index is 13.2. The molecule has 0 aliphatic carbocycles. The number of carbonyl (C=O) groups excluding carboxylic acids is 5. The van der Waals surface area contributed by atoms with Gasteiger partial charge in [0.05, 0.1) is 6.54 Å². The van der Waals surface area contributed by atoms with Crippen LogP contribution in [-0.2, 0) is 23.9 Å².